The van der Waals surface area contributed by atoms with E-state index in [1.54, 1.807) is 18.5 Å². The summed E-state index contributed by atoms with van der Waals surface area (Å²) in [6.45, 7) is 5.73. The van der Waals surface area contributed by atoms with Gasteiger partial charge in [-0.1, -0.05) is 20.8 Å². The van der Waals surface area contributed by atoms with Crippen LogP contribution in [0.2, 0.25) is 0 Å². The van der Waals surface area contributed by atoms with Crippen LogP contribution < -0.4 is 0 Å². The number of nitrogens with one attached hydrogen (secondary N) is 1. The Morgan fingerprint density at radius 3 is 2.61 bits per heavy atom. The Hall–Kier alpha value is -0.880. The van der Waals surface area contributed by atoms with Crippen LogP contribution in [0.5, 0.6) is 0 Å². The number of nitrogens with zero attached hydrogens (tertiary/aromatic N) is 1. The van der Waals surface area contributed by atoms with Gasteiger partial charge in [-0.25, -0.2) is 13.4 Å². The molecule has 2 rings (SSSR count). The number of H-pyrrole nitrogens is 1. The van der Waals surface area contributed by atoms with E-state index in [-0.39, 0.29) is 11.2 Å². The van der Waals surface area contributed by atoms with Crippen molar-refractivity contribution in [3.8, 4) is 0 Å². The van der Waals surface area contributed by atoms with Gasteiger partial charge in [-0.05, 0) is 33.5 Å². The Balaban J connectivity index is 2.54. The van der Waals surface area contributed by atoms with Gasteiger partial charge in [0.05, 0.1) is 28.0 Å². The topological polar surface area (TPSA) is 62.8 Å². The highest BCUT2D eigenvalue weighted by Gasteiger charge is 2.24. The molecule has 2 aromatic rings. The Morgan fingerprint density at radius 1 is 1.33 bits per heavy atom. The van der Waals surface area contributed by atoms with Crippen molar-refractivity contribution in [2.75, 3.05) is 5.75 Å². The van der Waals surface area contributed by atoms with Gasteiger partial charge < -0.3 is 4.98 Å². The lowest BCUT2D eigenvalue weighted by molar-refractivity contribution is 0.462. The molecule has 1 aromatic heterocycles. The molecule has 1 N–H and O–H groups in total. The van der Waals surface area contributed by atoms with E-state index >= 15 is 0 Å². The van der Waals surface area contributed by atoms with Crippen molar-refractivity contribution < 1.29 is 8.42 Å². The highest BCUT2D eigenvalue weighted by atomic mass is 79.9. The van der Waals surface area contributed by atoms with E-state index in [0.29, 0.717) is 14.9 Å². The Bertz CT molecular complexity index is 684. The maximum Gasteiger partial charge on any atom is 0.179 e. The van der Waals surface area contributed by atoms with Crippen LogP contribution in [0.25, 0.3) is 11.0 Å². The Kier molecular flexibility index (Phi) is 3.27. The van der Waals surface area contributed by atoms with Crippen molar-refractivity contribution in [3.63, 3.8) is 0 Å². The number of sulfone groups is 1. The molecule has 0 aliphatic carbocycles. The molecular formula is C12H15BrN2O2S. The first-order chi connectivity index (χ1) is 8.19. The van der Waals surface area contributed by atoms with Crippen LogP contribution in [-0.2, 0) is 9.84 Å². The van der Waals surface area contributed by atoms with Gasteiger partial charge in [0.25, 0.3) is 0 Å². The second kappa shape index (κ2) is 4.35. The Morgan fingerprint density at radius 2 is 2.00 bits per heavy atom. The number of imidazole rings is 1. The van der Waals surface area contributed by atoms with Crippen LogP contribution in [-0.4, -0.2) is 24.1 Å². The maximum absolute atomic E-state index is 12.3. The van der Waals surface area contributed by atoms with Crippen molar-refractivity contribution in [3.05, 3.63) is 22.9 Å². The second-order valence-corrected chi connectivity index (χ2v) is 8.37. The molecule has 0 radical (unpaired) electrons. The zero-order valence-electron chi connectivity index (χ0n) is 10.5. The van der Waals surface area contributed by atoms with Crippen molar-refractivity contribution in [1.29, 1.82) is 0 Å². The molecule has 6 heteroatoms. The molecule has 0 saturated carbocycles. The van der Waals surface area contributed by atoms with Gasteiger partial charge in [0.15, 0.2) is 9.84 Å². The van der Waals surface area contributed by atoms with Crippen LogP contribution in [0.15, 0.2) is 27.8 Å². The van der Waals surface area contributed by atoms with Gasteiger partial charge in [0.2, 0.25) is 0 Å². The van der Waals surface area contributed by atoms with E-state index in [0.717, 1.165) is 5.52 Å². The molecule has 98 valence electrons. The SMILES string of the molecule is CC(C)(C)CS(=O)(=O)c1cc(Br)c2[nH]cnc2c1. The van der Waals surface area contributed by atoms with Crippen LogP contribution in [0.3, 0.4) is 0 Å². The van der Waals surface area contributed by atoms with Gasteiger partial charge in [-0.3, -0.25) is 0 Å². The summed E-state index contributed by atoms with van der Waals surface area (Å²) >= 11 is 3.36. The highest BCUT2D eigenvalue weighted by molar-refractivity contribution is 9.10. The minimum Gasteiger partial charge on any atom is -0.344 e. The number of halogens is 1. The van der Waals surface area contributed by atoms with E-state index in [1.165, 1.54) is 0 Å². The maximum atomic E-state index is 12.3. The van der Waals surface area contributed by atoms with Gasteiger partial charge in [0.1, 0.15) is 0 Å². The van der Waals surface area contributed by atoms with Gasteiger partial charge in [-0.2, -0.15) is 0 Å². The summed E-state index contributed by atoms with van der Waals surface area (Å²) < 4.78 is 25.3. The fourth-order valence-electron chi connectivity index (χ4n) is 1.81. The third-order valence-electron chi connectivity index (χ3n) is 2.44. The van der Waals surface area contributed by atoms with Crippen molar-refractivity contribution in [1.82, 2.24) is 9.97 Å². The number of aromatic nitrogens is 2. The zero-order valence-corrected chi connectivity index (χ0v) is 12.9. The summed E-state index contributed by atoms with van der Waals surface area (Å²) in [5, 5.41) is 0. The number of rotatable bonds is 2. The normalized spacial score (nSPS) is 13.1. The van der Waals surface area contributed by atoms with Gasteiger partial charge in [-0.15, -0.1) is 0 Å². The van der Waals surface area contributed by atoms with Crippen LogP contribution >= 0.6 is 15.9 Å². The fourth-order valence-corrected chi connectivity index (χ4v) is 4.42. The average molecular weight is 331 g/mol. The molecule has 0 unspecified atom stereocenters. The number of hydrogen-bond acceptors (Lipinski definition) is 3. The molecule has 4 nitrogen and oxygen atoms in total. The number of benzene rings is 1. The van der Waals surface area contributed by atoms with E-state index in [9.17, 15) is 8.42 Å². The largest absolute Gasteiger partial charge is 0.344 e. The molecule has 1 heterocycles. The molecule has 0 atom stereocenters. The molecule has 0 fully saturated rings. The Labute approximate surface area is 115 Å². The minimum absolute atomic E-state index is 0.113. The van der Waals surface area contributed by atoms with E-state index in [1.807, 2.05) is 20.8 Å². The summed E-state index contributed by atoms with van der Waals surface area (Å²) in [6.07, 6.45) is 1.55. The van der Waals surface area contributed by atoms with Crippen LogP contribution in [0.4, 0.5) is 0 Å². The van der Waals surface area contributed by atoms with E-state index in [2.05, 4.69) is 25.9 Å². The number of aromatic amines is 1. The summed E-state index contributed by atoms with van der Waals surface area (Å²) in [5.41, 5.74) is 1.19. The predicted octanol–water partition coefficient (Wildman–Crippen LogP) is 3.15. The lowest BCUT2D eigenvalue weighted by Gasteiger charge is -2.18. The van der Waals surface area contributed by atoms with Crippen LogP contribution in [0.1, 0.15) is 20.8 Å². The third-order valence-corrected chi connectivity index (χ3v) is 5.26. The molecule has 0 bridgehead atoms. The third kappa shape index (κ3) is 2.75. The highest BCUT2D eigenvalue weighted by Crippen LogP contribution is 2.28. The van der Waals surface area contributed by atoms with E-state index in [4.69, 9.17) is 0 Å². The zero-order chi connectivity index (χ0) is 13.6. The number of hydrogen-bond donors (Lipinski definition) is 1. The molecule has 1 aromatic carbocycles. The predicted molar refractivity (Wildman–Crippen MR) is 75.3 cm³/mol. The van der Waals surface area contributed by atoms with Crippen molar-refractivity contribution >= 4 is 36.8 Å². The lowest BCUT2D eigenvalue weighted by Crippen LogP contribution is -2.20. The number of fused-ring (bicyclic) bond motifs is 1. The fraction of sp³-hybridized carbons (Fsp3) is 0.417. The van der Waals surface area contributed by atoms with Crippen molar-refractivity contribution in [2.24, 2.45) is 5.41 Å². The molecule has 18 heavy (non-hydrogen) atoms. The molecule has 0 amide bonds. The van der Waals surface area contributed by atoms with E-state index < -0.39 is 9.84 Å². The molecule has 0 saturated heterocycles. The summed E-state index contributed by atoms with van der Waals surface area (Å²) in [4.78, 5) is 7.37. The first-order valence-electron chi connectivity index (χ1n) is 5.54. The molecule has 0 aliphatic heterocycles. The summed E-state index contributed by atoms with van der Waals surface area (Å²) in [6, 6.07) is 3.24. The quantitative estimate of drug-likeness (QED) is 0.919. The monoisotopic (exact) mass is 330 g/mol. The smallest absolute Gasteiger partial charge is 0.179 e. The van der Waals surface area contributed by atoms with Gasteiger partial charge >= 0.3 is 0 Å². The first kappa shape index (κ1) is 13.5. The van der Waals surface area contributed by atoms with Gasteiger partial charge in [0, 0.05) is 4.47 Å². The standard InChI is InChI=1S/C12H15BrN2O2S/c1-12(2,3)6-18(16,17)8-4-9(13)11-10(5-8)14-7-15-11/h4-5,7H,6H2,1-3H3,(H,14,15). The van der Waals surface area contributed by atoms with Crippen molar-refractivity contribution in [2.45, 2.75) is 25.7 Å². The average Bonchev–Trinajstić information content (AvgIpc) is 2.61. The van der Waals surface area contributed by atoms with Crippen LogP contribution in [0, 0.1) is 5.41 Å². The minimum atomic E-state index is -3.29. The molecule has 0 aliphatic rings. The summed E-state index contributed by atoms with van der Waals surface area (Å²) in [7, 11) is -3.29. The summed E-state index contributed by atoms with van der Waals surface area (Å²) in [5.74, 6) is 0.113. The lowest BCUT2D eigenvalue weighted by atomic mass is 10.0. The molecular weight excluding hydrogens is 316 g/mol. The molecule has 0 spiro atoms. The second-order valence-electron chi connectivity index (χ2n) is 5.52. The first-order valence-corrected chi connectivity index (χ1v) is 7.99.